The van der Waals surface area contributed by atoms with E-state index in [1.807, 2.05) is 0 Å². The summed E-state index contributed by atoms with van der Waals surface area (Å²) in [7, 11) is 0. The van der Waals surface area contributed by atoms with Crippen LogP contribution in [0.5, 0.6) is 0 Å². The van der Waals surface area contributed by atoms with E-state index in [1.54, 1.807) is 6.92 Å². The van der Waals surface area contributed by atoms with Crippen LogP contribution in [0.25, 0.3) is 0 Å². The number of ether oxygens (including phenoxy) is 2. The molecule has 0 heterocycles. The van der Waals surface area contributed by atoms with Crippen molar-refractivity contribution >= 4 is 11.9 Å². The molecular formula is C10H14O4. The smallest absolute Gasteiger partial charge is 0.333 e. The highest BCUT2D eigenvalue weighted by atomic mass is 16.5. The highest BCUT2D eigenvalue weighted by Gasteiger charge is 2.12. The summed E-state index contributed by atoms with van der Waals surface area (Å²) in [6, 6.07) is 0. The first-order chi connectivity index (χ1) is 6.61. The fourth-order valence-corrected chi connectivity index (χ4v) is 0.682. The minimum Gasteiger partial charge on any atom is -0.463 e. The molecule has 0 rings (SSSR count). The van der Waals surface area contributed by atoms with Gasteiger partial charge >= 0.3 is 11.9 Å². The zero-order valence-corrected chi connectivity index (χ0v) is 8.25. The lowest BCUT2D eigenvalue weighted by molar-refractivity contribution is -0.145. The summed E-state index contributed by atoms with van der Waals surface area (Å²) in [5.74, 6) is -1.08. The number of hydrogen-bond donors (Lipinski definition) is 0. The monoisotopic (exact) mass is 198 g/mol. The second kappa shape index (κ2) is 6.88. The van der Waals surface area contributed by atoms with Crippen molar-refractivity contribution in [3.8, 4) is 0 Å². The summed E-state index contributed by atoms with van der Waals surface area (Å²) >= 11 is 0. The molecule has 0 aliphatic rings. The largest absolute Gasteiger partial charge is 0.463 e. The van der Waals surface area contributed by atoms with Crippen molar-refractivity contribution in [1.29, 1.82) is 0 Å². The van der Waals surface area contributed by atoms with Crippen LogP contribution in [0.2, 0.25) is 0 Å². The van der Waals surface area contributed by atoms with Gasteiger partial charge in [0.05, 0.1) is 13.0 Å². The van der Waals surface area contributed by atoms with E-state index in [0.29, 0.717) is 0 Å². The van der Waals surface area contributed by atoms with Crippen molar-refractivity contribution < 1.29 is 19.1 Å². The Hall–Kier alpha value is -1.58. The Labute approximate surface area is 83.2 Å². The van der Waals surface area contributed by atoms with Crippen LogP contribution in [-0.4, -0.2) is 25.2 Å². The Bertz CT molecular complexity index is 243. The van der Waals surface area contributed by atoms with Gasteiger partial charge in [-0.3, -0.25) is 4.79 Å². The van der Waals surface area contributed by atoms with Gasteiger partial charge < -0.3 is 9.47 Å². The van der Waals surface area contributed by atoms with Crippen LogP contribution in [0.15, 0.2) is 24.8 Å². The van der Waals surface area contributed by atoms with Gasteiger partial charge in [-0.1, -0.05) is 19.2 Å². The van der Waals surface area contributed by atoms with Crippen molar-refractivity contribution in [2.24, 2.45) is 0 Å². The van der Waals surface area contributed by atoms with Crippen LogP contribution in [0.3, 0.4) is 0 Å². The molecule has 0 unspecified atom stereocenters. The quantitative estimate of drug-likeness (QED) is 0.366. The first-order valence-corrected chi connectivity index (χ1v) is 4.23. The average Bonchev–Trinajstić information content (AvgIpc) is 2.15. The molecule has 0 bridgehead atoms. The molecule has 0 radical (unpaired) electrons. The third kappa shape index (κ3) is 5.13. The maximum absolute atomic E-state index is 11.0. The second-order valence-corrected chi connectivity index (χ2v) is 2.47. The molecule has 0 aliphatic heterocycles. The van der Waals surface area contributed by atoms with E-state index < -0.39 is 11.9 Å². The number of carbonyl (C=O) groups excluding carboxylic acids is 2. The molecule has 0 N–H and O–H groups in total. The topological polar surface area (TPSA) is 52.6 Å². The highest BCUT2D eigenvalue weighted by Crippen LogP contribution is 2.02. The Morgan fingerprint density at radius 1 is 1.36 bits per heavy atom. The molecule has 14 heavy (non-hydrogen) atoms. The van der Waals surface area contributed by atoms with Gasteiger partial charge in [0.25, 0.3) is 0 Å². The van der Waals surface area contributed by atoms with Gasteiger partial charge in [-0.2, -0.15) is 0 Å². The molecule has 0 aromatic carbocycles. The minimum atomic E-state index is -0.567. The molecule has 0 aliphatic carbocycles. The SMILES string of the molecule is C=CCOC(=O)CC(=C)C(=O)OCC. The van der Waals surface area contributed by atoms with Gasteiger partial charge in [-0.25, -0.2) is 4.79 Å². The van der Waals surface area contributed by atoms with E-state index in [9.17, 15) is 9.59 Å². The predicted molar refractivity (Wildman–Crippen MR) is 51.5 cm³/mol. The van der Waals surface area contributed by atoms with E-state index >= 15 is 0 Å². The lowest BCUT2D eigenvalue weighted by atomic mass is 10.2. The normalized spacial score (nSPS) is 8.93. The molecular weight excluding hydrogens is 184 g/mol. The summed E-state index contributed by atoms with van der Waals surface area (Å²) in [4.78, 5) is 22.0. The summed E-state index contributed by atoms with van der Waals surface area (Å²) in [6.45, 7) is 8.88. The molecule has 0 saturated heterocycles. The van der Waals surface area contributed by atoms with Gasteiger partial charge in [0.15, 0.2) is 0 Å². The van der Waals surface area contributed by atoms with Crippen molar-refractivity contribution in [2.75, 3.05) is 13.2 Å². The molecule has 0 fully saturated rings. The molecule has 4 nitrogen and oxygen atoms in total. The van der Waals surface area contributed by atoms with E-state index in [4.69, 9.17) is 0 Å². The van der Waals surface area contributed by atoms with Crippen molar-refractivity contribution in [3.63, 3.8) is 0 Å². The van der Waals surface area contributed by atoms with Gasteiger partial charge in [-0.05, 0) is 6.92 Å². The average molecular weight is 198 g/mol. The van der Waals surface area contributed by atoms with E-state index in [0.717, 1.165) is 0 Å². The first-order valence-electron chi connectivity index (χ1n) is 4.23. The maximum Gasteiger partial charge on any atom is 0.333 e. The molecule has 0 amide bonds. The first kappa shape index (κ1) is 12.4. The van der Waals surface area contributed by atoms with Crippen LogP contribution < -0.4 is 0 Å². The van der Waals surface area contributed by atoms with E-state index in [-0.39, 0.29) is 25.2 Å². The number of carbonyl (C=O) groups is 2. The molecule has 0 spiro atoms. The predicted octanol–water partition coefficient (Wildman–Crippen LogP) is 1.22. The third-order valence-electron chi connectivity index (χ3n) is 1.28. The van der Waals surface area contributed by atoms with Gasteiger partial charge in [0.1, 0.15) is 6.61 Å². The zero-order valence-electron chi connectivity index (χ0n) is 8.25. The lowest BCUT2D eigenvalue weighted by Crippen LogP contribution is -2.12. The number of hydrogen-bond acceptors (Lipinski definition) is 4. The zero-order chi connectivity index (χ0) is 11.0. The molecule has 78 valence electrons. The van der Waals surface area contributed by atoms with Crippen LogP contribution >= 0.6 is 0 Å². The van der Waals surface area contributed by atoms with Crippen LogP contribution in [-0.2, 0) is 19.1 Å². The third-order valence-corrected chi connectivity index (χ3v) is 1.28. The summed E-state index contributed by atoms with van der Waals surface area (Å²) < 4.78 is 9.31. The molecule has 0 saturated carbocycles. The molecule has 4 heteroatoms. The van der Waals surface area contributed by atoms with E-state index in [2.05, 4.69) is 22.6 Å². The standard InChI is InChI=1S/C10H14O4/c1-4-6-14-9(11)7-8(3)10(12)13-5-2/h4H,1,3,5-7H2,2H3. The molecule has 0 aromatic rings. The van der Waals surface area contributed by atoms with E-state index in [1.165, 1.54) is 6.08 Å². The number of rotatable bonds is 6. The summed E-state index contributed by atoms with van der Waals surface area (Å²) in [6.07, 6.45) is 1.30. The Kier molecular flexibility index (Phi) is 6.11. The fraction of sp³-hybridized carbons (Fsp3) is 0.400. The van der Waals surface area contributed by atoms with Crippen molar-refractivity contribution in [1.82, 2.24) is 0 Å². The van der Waals surface area contributed by atoms with Gasteiger partial charge in [0, 0.05) is 5.57 Å². The molecule has 0 aromatic heterocycles. The maximum atomic E-state index is 11.0. The second-order valence-electron chi connectivity index (χ2n) is 2.47. The summed E-state index contributed by atoms with van der Waals surface area (Å²) in [5.41, 5.74) is 0.0981. The lowest BCUT2D eigenvalue weighted by Gasteiger charge is -2.04. The highest BCUT2D eigenvalue weighted by molar-refractivity contribution is 5.93. The molecule has 0 atom stereocenters. The van der Waals surface area contributed by atoms with Gasteiger partial charge in [0.2, 0.25) is 0 Å². The van der Waals surface area contributed by atoms with Crippen LogP contribution in [0.4, 0.5) is 0 Å². The van der Waals surface area contributed by atoms with Crippen LogP contribution in [0.1, 0.15) is 13.3 Å². The Morgan fingerprint density at radius 3 is 2.50 bits per heavy atom. The minimum absolute atomic E-state index is 0.0981. The Balaban J connectivity index is 3.87. The van der Waals surface area contributed by atoms with Crippen molar-refractivity contribution in [3.05, 3.63) is 24.8 Å². The Morgan fingerprint density at radius 2 is 2.00 bits per heavy atom. The van der Waals surface area contributed by atoms with Gasteiger partial charge in [-0.15, -0.1) is 0 Å². The van der Waals surface area contributed by atoms with Crippen molar-refractivity contribution in [2.45, 2.75) is 13.3 Å². The van der Waals surface area contributed by atoms with Crippen LogP contribution in [0, 0.1) is 0 Å². The fourth-order valence-electron chi connectivity index (χ4n) is 0.682. The summed E-state index contributed by atoms with van der Waals surface area (Å²) in [5, 5.41) is 0. The number of esters is 2.